The van der Waals surface area contributed by atoms with Gasteiger partial charge in [0.25, 0.3) is 11.8 Å². The molecule has 6 nitrogen and oxygen atoms in total. The number of amides is 4. The maximum Gasteiger partial charge on any atom is 0.335 e. The van der Waals surface area contributed by atoms with Gasteiger partial charge in [0.1, 0.15) is 5.57 Å². The maximum atomic E-state index is 13.4. The summed E-state index contributed by atoms with van der Waals surface area (Å²) in [6.07, 6.45) is 2.62. The van der Waals surface area contributed by atoms with E-state index in [0.717, 1.165) is 32.5 Å². The first kappa shape index (κ1) is 25.2. The fourth-order valence-electron chi connectivity index (χ4n) is 5.65. The summed E-state index contributed by atoms with van der Waals surface area (Å²) in [5.41, 5.74) is 5.33. The molecule has 1 atom stereocenters. The van der Waals surface area contributed by atoms with Crippen molar-refractivity contribution in [2.75, 3.05) is 9.80 Å². The largest absolute Gasteiger partial charge is 0.364 e. The highest BCUT2D eigenvalue weighted by molar-refractivity contribution is 9.10. The second kappa shape index (κ2) is 8.94. The molecule has 1 fully saturated rings. The van der Waals surface area contributed by atoms with Gasteiger partial charge in [-0.1, -0.05) is 22.9 Å². The topological polar surface area (TPSA) is 69.7 Å². The minimum Gasteiger partial charge on any atom is -0.364 e. The Morgan fingerprint density at radius 2 is 1.74 bits per heavy atom. The van der Waals surface area contributed by atoms with E-state index < -0.39 is 17.8 Å². The number of anilines is 2. The van der Waals surface area contributed by atoms with E-state index in [1.807, 2.05) is 19.9 Å². The zero-order valence-corrected chi connectivity index (χ0v) is 22.9. The first-order valence-corrected chi connectivity index (χ1v) is 12.7. The van der Waals surface area contributed by atoms with Crippen molar-refractivity contribution in [1.29, 1.82) is 0 Å². The van der Waals surface area contributed by atoms with Crippen LogP contribution in [0.4, 0.5) is 16.2 Å². The van der Waals surface area contributed by atoms with E-state index in [4.69, 9.17) is 0 Å². The lowest BCUT2D eigenvalue weighted by atomic mass is 9.78. The summed E-state index contributed by atoms with van der Waals surface area (Å²) >= 11 is 3.41. The quantitative estimate of drug-likeness (QED) is 0.372. The van der Waals surface area contributed by atoms with Gasteiger partial charge in [0.15, 0.2) is 0 Å². The summed E-state index contributed by atoms with van der Waals surface area (Å²) in [5, 5.41) is 2.33. The number of fused-ring (bicyclic) bond motifs is 1. The predicted octanol–water partition coefficient (Wildman–Crippen LogP) is 6.23. The van der Waals surface area contributed by atoms with E-state index in [-0.39, 0.29) is 11.1 Å². The fourth-order valence-corrected chi connectivity index (χ4v) is 6.12. The van der Waals surface area contributed by atoms with Gasteiger partial charge in [-0.05, 0) is 113 Å². The molecule has 4 amide bonds. The van der Waals surface area contributed by atoms with E-state index >= 15 is 0 Å². The first-order valence-electron chi connectivity index (χ1n) is 11.9. The first-order chi connectivity index (χ1) is 16.3. The molecular weight excluding hydrogens is 506 g/mol. The Hall–Kier alpha value is -2.93. The Kier molecular flexibility index (Phi) is 6.43. The van der Waals surface area contributed by atoms with Crippen LogP contribution in [-0.4, -0.2) is 29.4 Å². The number of aryl methyl sites for hydroxylation is 2. The van der Waals surface area contributed by atoms with Crippen LogP contribution in [-0.2, 0) is 9.59 Å². The summed E-state index contributed by atoms with van der Waals surface area (Å²) in [7, 11) is 0. The smallest absolute Gasteiger partial charge is 0.335 e. The predicted molar refractivity (Wildman–Crippen MR) is 144 cm³/mol. The summed E-state index contributed by atoms with van der Waals surface area (Å²) in [5.74, 6) is -0.979. The molecule has 2 aliphatic heterocycles. The number of hydrogen-bond acceptors (Lipinski definition) is 4. The number of carbonyl (C=O) groups excluding carboxylic acids is 3. The third-order valence-corrected chi connectivity index (χ3v) is 7.47. The van der Waals surface area contributed by atoms with E-state index in [1.54, 1.807) is 18.2 Å². The van der Waals surface area contributed by atoms with Crippen LogP contribution in [0.2, 0.25) is 0 Å². The van der Waals surface area contributed by atoms with E-state index in [9.17, 15) is 14.4 Å². The summed E-state index contributed by atoms with van der Waals surface area (Å²) in [6, 6.07) is 9.13. The molecule has 2 heterocycles. The molecule has 0 aliphatic carbocycles. The highest BCUT2D eigenvalue weighted by Crippen LogP contribution is 2.45. The summed E-state index contributed by atoms with van der Waals surface area (Å²) in [6.45, 7) is 15.0. The molecule has 0 bridgehead atoms. The van der Waals surface area contributed by atoms with Gasteiger partial charge in [0.05, 0.1) is 5.69 Å². The molecule has 184 valence electrons. The molecule has 35 heavy (non-hydrogen) atoms. The molecule has 0 saturated carbocycles. The lowest BCUT2D eigenvalue weighted by Crippen LogP contribution is -2.54. The number of hydrogen-bond donors (Lipinski definition) is 1. The Balaban J connectivity index is 1.80. The zero-order chi connectivity index (χ0) is 25.8. The van der Waals surface area contributed by atoms with E-state index in [0.29, 0.717) is 17.6 Å². The van der Waals surface area contributed by atoms with Crippen LogP contribution in [0, 0.1) is 13.8 Å². The highest BCUT2D eigenvalue weighted by atomic mass is 79.9. The van der Waals surface area contributed by atoms with Crippen molar-refractivity contribution >= 4 is 51.2 Å². The Morgan fingerprint density at radius 3 is 2.37 bits per heavy atom. The monoisotopic (exact) mass is 537 g/mol. The highest BCUT2D eigenvalue weighted by Gasteiger charge is 2.39. The van der Waals surface area contributed by atoms with Gasteiger partial charge in [-0.25, -0.2) is 9.69 Å². The summed E-state index contributed by atoms with van der Waals surface area (Å²) in [4.78, 5) is 42.3. The minimum absolute atomic E-state index is 0.0234. The van der Waals surface area contributed by atoms with Gasteiger partial charge in [-0.3, -0.25) is 14.9 Å². The molecule has 0 radical (unpaired) electrons. The second-order valence-electron chi connectivity index (χ2n) is 10.5. The third-order valence-electron chi connectivity index (χ3n) is 6.98. The van der Waals surface area contributed by atoms with Gasteiger partial charge in [0, 0.05) is 21.7 Å². The van der Waals surface area contributed by atoms with Gasteiger partial charge in [-0.15, -0.1) is 0 Å². The van der Waals surface area contributed by atoms with Crippen molar-refractivity contribution in [3.63, 3.8) is 0 Å². The molecular formula is C28H32BrN3O3. The average Bonchev–Trinajstić information content (AvgIpc) is 2.72. The molecule has 7 heteroatoms. The molecule has 0 unspecified atom stereocenters. The van der Waals surface area contributed by atoms with E-state index in [1.165, 1.54) is 11.3 Å². The van der Waals surface area contributed by atoms with Crippen molar-refractivity contribution in [2.45, 2.75) is 72.4 Å². The van der Waals surface area contributed by atoms with E-state index in [2.05, 4.69) is 72.9 Å². The van der Waals surface area contributed by atoms with Crippen molar-refractivity contribution in [3.05, 3.63) is 62.6 Å². The maximum absolute atomic E-state index is 13.4. The molecule has 4 rings (SSSR count). The van der Waals surface area contributed by atoms with Gasteiger partial charge < -0.3 is 4.90 Å². The molecule has 2 aromatic carbocycles. The van der Waals surface area contributed by atoms with Crippen molar-refractivity contribution < 1.29 is 14.4 Å². The lowest BCUT2D eigenvalue weighted by molar-refractivity contribution is -0.122. The Bertz CT molecular complexity index is 1280. The molecule has 0 aromatic heterocycles. The average molecular weight is 538 g/mol. The number of urea groups is 1. The fraction of sp³-hybridized carbons (Fsp3) is 0.393. The number of rotatable bonds is 3. The van der Waals surface area contributed by atoms with Crippen LogP contribution in [0.3, 0.4) is 0 Å². The Morgan fingerprint density at radius 1 is 1.06 bits per heavy atom. The normalized spacial score (nSPS) is 21.0. The van der Waals surface area contributed by atoms with Gasteiger partial charge >= 0.3 is 6.03 Å². The standard InChI is InChI=1S/C28H32BrN3O3/c1-15(2)32-24-11-16(3)19(12-21(24)18(5)14-28(32,6)7)13-22-25(33)30-27(35)31(26(22)34)23-9-8-20(29)10-17(23)4/h8-13,15,18H,14H2,1-7H3,(H,30,33,35)/b22-13+/t18-/m0/s1. The number of nitrogens with zero attached hydrogens (tertiary/aromatic N) is 2. The Labute approximate surface area is 215 Å². The van der Waals surface area contributed by atoms with Crippen LogP contribution in [0.15, 0.2) is 40.4 Å². The SMILES string of the molecule is Cc1cc2c(cc1/C=C1\C(=O)NC(=O)N(c3ccc(Br)cc3C)C1=O)[C@@H](C)CC(C)(C)N2C(C)C. The second-order valence-corrected chi connectivity index (χ2v) is 11.5. The van der Waals surface area contributed by atoms with Crippen molar-refractivity contribution in [1.82, 2.24) is 5.32 Å². The number of barbiturate groups is 1. The number of benzene rings is 2. The molecule has 2 aromatic rings. The van der Waals surface area contributed by atoms with Crippen molar-refractivity contribution in [3.8, 4) is 0 Å². The zero-order valence-electron chi connectivity index (χ0n) is 21.3. The minimum atomic E-state index is -0.742. The van der Waals surface area contributed by atoms with Crippen molar-refractivity contribution in [2.24, 2.45) is 0 Å². The van der Waals surface area contributed by atoms with Crippen LogP contribution in [0.1, 0.15) is 69.2 Å². The molecule has 1 saturated heterocycles. The van der Waals surface area contributed by atoms with Crippen LogP contribution >= 0.6 is 15.9 Å². The number of nitrogens with one attached hydrogen (secondary N) is 1. The van der Waals surface area contributed by atoms with Crippen LogP contribution in [0.25, 0.3) is 6.08 Å². The third kappa shape index (κ3) is 4.42. The summed E-state index contributed by atoms with van der Waals surface area (Å²) < 4.78 is 0.841. The lowest BCUT2D eigenvalue weighted by Gasteiger charge is -2.50. The molecule has 2 aliphatic rings. The van der Waals surface area contributed by atoms with Gasteiger partial charge in [-0.2, -0.15) is 0 Å². The number of halogens is 1. The number of carbonyl (C=O) groups is 3. The van der Waals surface area contributed by atoms with Crippen LogP contribution < -0.4 is 15.1 Å². The molecule has 0 spiro atoms. The number of imide groups is 2. The molecule has 1 N–H and O–H groups in total. The van der Waals surface area contributed by atoms with Crippen LogP contribution in [0.5, 0.6) is 0 Å². The van der Waals surface area contributed by atoms with Gasteiger partial charge in [0.2, 0.25) is 0 Å².